The van der Waals surface area contributed by atoms with Gasteiger partial charge in [-0.1, -0.05) is 37.3 Å². The number of amides is 1. The van der Waals surface area contributed by atoms with E-state index in [1.807, 2.05) is 29.6 Å². The Labute approximate surface area is 172 Å². The van der Waals surface area contributed by atoms with Crippen LogP contribution in [0.25, 0.3) is 0 Å². The van der Waals surface area contributed by atoms with Crippen LogP contribution >= 0.6 is 0 Å². The Balaban J connectivity index is 1.31. The van der Waals surface area contributed by atoms with Crippen molar-refractivity contribution < 1.29 is 4.79 Å². The lowest BCUT2D eigenvalue weighted by Crippen LogP contribution is -2.38. The molecule has 4 rings (SSSR count). The minimum atomic E-state index is 0.242. The molecule has 0 N–H and O–H groups in total. The predicted molar refractivity (Wildman–Crippen MR) is 113 cm³/mol. The molecule has 29 heavy (non-hydrogen) atoms. The third kappa shape index (κ3) is 4.58. The second-order valence-electron chi connectivity index (χ2n) is 7.69. The maximum Gasteiger partial charge on any atom is 0.224 e. The van der Waals surface area contributed by atoms with Crippen molar-refractivity contribution in [3.8, 4) is 0 Å². The summed E-state index contributed by atoms with van der Waals surface area (Å²) in [4.78, 5) is 23.7. The fourth-order valence-electron chi connectivity index (χ4n) is 4.21. The van der Waals surface area contributed by atoms with Crippen LogP contribution < -0.4 is 0 Å². The predicted octanol–water partition coefficient (Wildman–Crippen LogP) is 3.49. The second-order valence-corrected chi connectivity index (χ2v) is 7.69. The van der Waals surface area contributed by atoms with E-state index in [9.17, 15) is 4.79 Å². The Kier molecular flexibility index (Phi) is 6.08. The largest absolute Gasteiger partial charge is 0.343 e. The Bertz CT molecular complexity index is 922. The van der Waals surface area contributed by atoms with Gasteiger partial charge in [0.15, 0.2) is 0 Å². The molecule has 3 aromatic rings. The number of hydrogen-bond donors (Lipinski definition) is 0. The number of aryl methyl sites for hydroxylation is 2. The number of rotatable bonds is 7. The van der Waals surface area contributed by atoms with Gasteiger partial charge in [0.05, 0.1) is 0 Å². The number of hydrogen-bond acceptors (Lipinski definition) is 3. The minimum Gasteiger partial charge on any atom is -0.343 e. The van der Waals surface area contributed by atoms with E-state index in [2.05, 4.69) is 56.5 Å². The molecule has 3 heterocycles. The molecular formula is C23H29N5O. The third-order valence-electron chi connectivity index (χ3n) is 5.84. The summed E-state index contributed by atoms with van der Waals surface area (Å²) in [7, 11) is 0. The first-order chi connectivity index (χ1) is 14.2. The zero-order valence-corrected chi connectivity index (χ0v) is 17.1. The van der Waals surface area contributed by atoms with Crippen LogP contribution in [0.5, 0.6) is 0 Å². The number of carbonyl (C=O) groups excluding carboxylic acids is 1. The van der Waals surface area contributed by atoms with E-state index in [4.69, 9.17) is 0 Å². The average Bonchev–Trinajstić information content (AvgIpc) is 3.42. The van der Waals surface area contributed by atoms with Gasteiger partial charge < -0.3 is 14.0 Å². The Morgan fingerprint density at radius 1 is 1.03 bits per heavy atom. The highest BCUT2D eigenvalue weighted by atomic mass is 16.2. The summed E-state index contributed by atoms with van der Waals surface area (Å²) in [6.45, 7) is 5.27. The number of carbonyl (C=O) groups is 1. The molecule has 1 aliphatic rings. The molecule has 2 aromatic heterocycles. The zero-order valence-electron chi connectivity index (χ0n) is 17.1. The van der Waals surface area contributed by atoms with Gasteiger partial charge in [-0.2, -0.15) is 0 Å². The molecule has 1 fully saturated rings. The Hall–Kier alpha value is -2.89. The molecule has 0 aliphatic carbocycles. The Morgan fingerprint density at radius 2 is 1.76 bits per heavy atom. The number of imidazole rings is 2. The molecule has 6 heteroatoms. The first-order valence-electron chi connectivity index (χ1n) is 10.6. The zero-order chi connectivity index (χ0) is 20.1. The van der Waals surface area contributed by atoms with Crippen molar-refractivity contribution in [1.29, 1.82) is 0 Å². The van der Waals surface area contributed by atoms with Crippen LogP contribution in [0.2, 0.25) is 0 Å². The van der Waals surface area contributed by atoms with Gasteiger partial charge in [-0.05, 0) is 18.4 Å². The van der Waals surface area contributed by atoms with Gasteiger partial charge in [0, 0.05) is 69.7 Å². The lowest BCUT2D eigenvalue weighted by Gasteiger charge is -2.32. The first-order valence-corrected chi connectivity index (χ1v) is 10.6. The van der Waals surface area contributed by atoms with Crippen LogP contribution in [-0.4, -0.2) is 43.0 Å². The molecule has 1 amide bonds. The summed E-state index contributed by atoms with van der Waals surface area (Å²) in [5.41, 5.74) is 1.28. The van der Waals surface area contributed by atoms with Crippen molar-refractivity contribution in [1.82, 2.24) is 24.0 Å². The van der Waals surface area contributed by atoms with Gasteiger partial charge in [0.25, 0.3) is 0 Å². The number of nitrogens with zero attached hydrogens (tertiary/aromatic N) is 5. The summed E-state index contributed by atoms with van der Waals surface area (Å²) >= 11 is 0. The molecule has 0 saturated carbocycles. The fraction of sp³-hybridized carbons (Fsp3) is 0.435. The van der Waals surface area contributed by atoms with Crippen LogP contribution in [0.4, 0.5) is 0 Å². The topological polar surface area (TPSA) is 56.0 Å². The fourth-order valence-corrected chi connectivity index (χ4v) is 4.21. The van der Waals surface area contributed by atoms with Gasteiger partial charge in [0.2, 0.25) is 5.91 Å². The molecule has 0 atom stereocenters. The SMILES string of the molecule is CCc1nccn1CCC(=O)N1CCC(c2nccn2Cc2ccccc2)CC1. The van der Waals surface area contributed by atoms with E-state index in [1.165, 1.54) is 5.56 Å². The van der Waals surface area contributed by atoms with Crippen LogP contribution in [0.1, 0.15) is 49.3 Å². The van der Waals surface area contributed by atoms with Crippen LogP contribution in [0, 0.1) is 0 Å². The van der Waals surface area contributed by atoms with E-state index in [0.717, 1.165) is 50.5 Å². The summed E-state index contributed by atoms with van der Waals surface area (Å²) < 4.78 is 4.34. The van der Waals surface area contributed by atoms with E-state index in [-0.39, 0.29) is 5.91 Å². The number of piperidine rings is 1. The lowest BCUT2D eigenvalue weighted by atomic mass is 9.95. The highest BCUT2D eigenvalue weighted by Gasteiger charge is 2.26. The highest BCUT2D eigenvalue weighted by molar-refractivity contribution is 5.76. The van der Waals surface area contributed by atoms with Crippen LogP contribution in [0.15, 0.2) is 55.1 Å². The van der Waals surface area contributed by atoms with Crippen molar-refractivity contribution in [3.05, 3.63) is 72.3 Å². The lowest BCUT2D eigenvalue weighted by molar-refractivity contribution is -0.132. The summed E-state index contributed by atoms with van der Waals surface area (Å²) in [5.74, 6) is 2.85. The second kappa shape index (κ2) is 9.07. The molecule has 0 spiro atoms. The van der Waals surface area contributed by atoms with Crippen molar-refractivity contribution in [2.75, 3.05) is 13.1 Å². The first kappa shape index (κ1) is 19.4. The van der Waals surface area contributed by atoms with Gasteiger partial charge in [-0.15, -0.1) is 0 Å². The molecular weight excluding hydrogens is 362 g/mol. The molecule has 152 valence electrons. The van der Waals surface area contributed by atoms with Crippen molar-refractivity contribution in [2.45, 2.75) is 51.6 Å². The van der Waals surface area contributed by atoms with Crippen molar-refractivity contribution in [3.63, 3.8) is 0 Å². The standard InChI is InChI=1S/C23H29N5O/c1-2-21-24-11-16-26(21)15-10-22(29)27-13-8-20(9-14-27)23-25-12-17-28(23)18-19-6-4-3-5-7-19/h3-7,11-12,16-17,20H,2,8-10,13-15,18H2,1H3. The maximum absolute atomic E-state index is 12.7. The van der Waals surface area contributed by atoms with E-state index in [1.54, 1.807) is 0 Å². The van der Waals surface area contributed by atoms with E-state index < -0.39 is 0 Å². The Morgan fingerprint density at radius 3 is 2.52 bits per heavy atom. The molecule has 0 unspecified atom stereocenters. The molecule has 1 aliphatic heterocycles. The smallest absolute Gasteiger partial charge is 0.224 e. The normalized spacial score (nSPS) is 15.0. The van der Waals surface area contributed by atoms with Gasteiger partial charge in [-0.25, -0.2) is 9.97 Å². The molecule has 0 radical (unpaired) electrons. The summed E-state index contributed by atoms with van der Waals surface area (Å²) in [6, 6.07) is 10.5. The summed E-state index contributed by atoms with van der Waals surface area (Å²) in [6.07, 6.45) is 11.1. The molecule has 0 bridgehead atoms. The molecule has 6 nitrogen and oxygen atoms in total. The van der Waals surface area contributed by atoms with Crippen LogP contribution in [-0.2, 0) is 24.3 Å². The molecule has 1 aromatic carbocycles. The van der Waals surface area contributed by atoms with Crippen LogP contribution in [0.3, 0.4) is 0 Å². The highest BCUT2D eigenvalue weighted by Crippen LogP contribution is 2.27. The van der Waals surface area contributed by atoms with E-state index >= 15 is 0 Å². The van der Waals surface area contributed by atoms with Crippen molar-refractivity contribution >= 4 is 5.91 Å². The quantitative estimate of drug-likeness (QED) is 0.620. The summed E-state index contributed by atoms with van der Waals surface area (Å²) in [5, 5.41) is 0. The van der Waals surface area contributed by atoms with Gasteiger partial charge in [0.1, 0.15) is 11.6 Å². The number of aromatic nitrogens is 4. The third-order valence-corrected chi connectivity index (χ3v) is 5.84. The van der Waals surface area contributed by atoms with E-state index in [0.29, 0.717) is 18.9 Å². The number of benzene rings is 1. The van der Waals surface area contributed by atoms with Crippen molar-refractivity contribution in [2.24, 2.45) is 0 Å². The minimum absolute atomic E-state index is 0.242. The average molecular weight is 392 g/mol. The van der Waals surface area contributed by atoms with Gasteiger partial charge >= 0.3 is 0 Å². The monoisotopic (exact) mass is 391 g/mol. The van der Waals surface area contributed by atoms with Gasteiger partial charge in [-0.3, -0.25) is 4.79 Å². The number of likely N-dealkylation sites (tertiary alicyclic amines) is 1. The maximum atomic E-state index is 12.7. The molecule has 1 saturated heterocycles.